The van der Waals surface area contributed by atoms with Crippen LogP contribution in [0.3, 0.4) is 0 Å². The van der Waals surface area contributed by atoms with Gasteiger partial charge < -0.3 is 11.1 Å². The fourth-order valence-corrected chi connectivity index (χ4v) is 0.507. The Morgan fingerprint density at radius 3 is 2.08 bits per heavy atom. The Morgan fingerprint density at radius 2 is 1.77 bits per heavy atom. The maximum absolute atomic E-state index is 10.9. The van der Waals surface area contributed by atoms with Crippen LogP contribution >= 0.6 is 17.0 Å². The Balaban J connectivity index is 0. The number of nitrogens with one attached hydrogen (secondary N) is 2. The Kier molecular flexibility index (Phi) is 7.78. The van der Waals surface area contributed by atoms with Crippen molar-refractivity contribution < 1.29 is 14.8 Å². The lowest BCUT2D eigenvalue weighted by Gasteiger charge is -2.12. The summed E-state index contributed by atoms with van der Waals surface area (Å²) in [6, 6.07) is -1.45. The Labute approximate surface area is 86.6 Å². The number of rotatable bonds is 3. The molecule has 0 unspecified atom stereocenters. The number of hydroxylamine groups is 1. The molecular weight excluding hydrogens is 242 g/mol. The fraction of sp³-hybridized carbons (Fsp3) is 0.667. The molecule has 0 aliphatic heterocycles. The molecule has 6 nitrogen and oxygen atoms in total. The number of hydrogen-bond acceptors (Lipinski definition) is 4. The monoisotopic (exact) mass is 255 g/mol. The summed E-state index contributed by atoms with van der Waals surface area (Å²) in [5.41, 5.74) is 6.63. The molecule has 0 heterocycles. The van der Waals surface area contributed by atoms with Crippen molar-refractivity contribution in [2.45, 2.75) is 25.9 Å². The highest BCUT2D eigenvalue weighted by atomic mass is 79.9. The maximum atomic E-state index is 10.9. The van der Waals surface area contributed by atoms with Crippen molar-refractivity contribution in [2.75, 3.05) is 0 Å². The molecule has 0 bridgehead atoms. The number of halogens is 1. The Hall–Kier alpha value is -0.660. The molecule has 0 rings (SSSR count). The molecule has 78 valence electrons. The first kappa shape index (κ1) is 14.8. The van der Waals surface area contributed by atoms with Crippen molar-refractivity contribution in [1.29, 1.82) is 0 Å². The maximum Gasteiger partial charge on any atom is 0.265 e. The third kappa shape index (κ3) is 5.56. The number of carbonyl (C=O) groups excluding carboxylic acids is 2. The lowest BCUT2D eigenvalue weighted by atomic mass is 10.2. The van der Waals surface area contributed by atoms with Gasteiger partial charge in [0, 0.05) is 0 Å². The number of amides is 2. The normalized spacial score (nSPS) is 13.5. The molecule has 0 aromatic carbocycles. The van der Waals surface area contributed by atoms with Gasteiger partial charge in [0.25, 0.3) is 5.91 Å². The summed E-state index contributed by atoms with van der Waals surface area (Å²) in [5, 5.41) is 10.5. The molecule has 7 heteroatoms. The lowest BCUT2D eigenvalue weighted by Crippen LogP contribution is -2.48. The van der Waals surface area contributed by atoms with E-state index in [9.17, 15) is 9.59 Å². The Morgan fingerprint density at radius 1 is 1.31 bits per heavy atom. The Bertz CT molecular complexity index is 186. The number of carbonyl (C=O) groups is 2. The molecule has 13 heavy (non-hydrogen) atoms. The molecule has 2 amide bonds. The molecule has 0 radical (unpaired) electrons. The van der Waals surface area contributed by atoms with Crippen LogP contribution < -0.4 is 16.5 Å². The van der Waals surface area contributed by atoms with Crippen LogP contribution in [0.25, 0.3) is 0 Å². The molecule has 0 aromatic heterocycles. The molecule has 0 saturated heterocycles. The zero-order valence-electron chi connectivity index (χ0n) is 7.40. The second-order valence-corrected chi connectivity index (χ2v) is 2.50. The summed E-state index contributed by atoms with van der Waals surface area (Å²) >= 11 is 0. The van der Waals surface area contributed by atoms with Gasteiger partial charge in [-0.3, -0.25) is 14.8 Å². The third-order valence-corrected chi connectivity index (χ3v) is 1.28. The second kappa shape index (κ2) is 6.81. The van der Waals surface area contributed by atoms with E-state index in [0.29, 0.717) is 0 Å². The fourth-order valence-electron chi connectivity index (χ4n) is 0.507. The van der Waals surface area contributed by atoms with E-state index in [2.05, 4.69) is 5.32 Å². The van der Waals surface area contributed by atoms with Gasteiger partial charge in [-0.25, -0.2) is 5.48 Å². The van der Waals surface area contributed by atoms with Gasteiger partial charge in [-0.1, -0.05) is 0 Å². The van der Waals surface area contributed by atoms with Gasteiger partial charge in [0.2, 0.25) is 5.91 Å². The molecular formula is C6H14BrN3O3. The number of hydrogen-bond donors (Lipinski definition) is 4. The van der Waals surface area contributed by atoms with Crippen molar-refractivity contribution in [3.63, 3.8) is 0 Å². The molecule has 5 N–H and O–H groups in total. The average Bonchev–Trinajstić information content (AvgIpc) is 2.02. The van der Waals surface area contributed by atoms with Crippen LogP contribution in [0.4, 0.5) is 0 Å². The van der Waals surface area contributed by atoms with E-state index >= 15 is 0 Å². The van der Waals surface area contributed by atoms with Crippen LogP contribution in [0.5, 0.6) is 0 Å². The highest BCUT2D eigenvalue weighted by Crippen LogP contribution is 1.83. The van der Waals surface area contributed by atoms with Crippen molar-refractivity contribution in [1.82, 2.24) is 10.8 Å². The molecule has 0 aliphatic rings. The summed E-state index contributed by atoms with van der Waals surface area (Å²) in [7, 11) is 0. The van der Waals surface area contributed by atoms with E-state index < -0.39 is 23.9 Å². The van der Waals surface area contributed by atoms with E-state index in [1.165, 1.54) is 19.3 Å². The second-order valence-electron chi connectivity index (χ2n) is 2.50. The summed E-state index contributed by atoms with van der Waals surface area (Å²) in [6.45, 7) is 2.94. The predicted octanol–water partition coefficient (Wildman–Crippen LogP) is -1.08. The summed E-state index contributed by atoms with van der Waals surface area (Å²) in [6.07, 6.45) is 0. The van der Waals surface area contributed by atoms with Gasteiger partial charge in [0.15, 0.2) is 0 Å². The van der Waals surface area contributed by atoms with Crippen molar-refractivity contribution >= 4 is 28.8 Å². The quantitative estimate of drug-likeness (QED) is 0.381. The minimum atomic E-state index is -0.784. The average molecular weight is 256 g/mol. The van der Waals surface area contributed by atoms with E-state index in [1.54, 1.807) is 0 Å². The van der Waals surface area contributed by atoms with Gasteiger partial charge in [-0.05, 0) is 13.8 Å². The highest BCUT2D eigenvalue weighted by molar-refractivity contribution is 8.93. The van der Waals surface area contributed by atoms with E-state index in [-0.39, 0.29) is 17.0 Å². The number of nitrogens with two attached hydrogens (primary N) is 1. The van der Waals surface area contributed by atoms with E-state index in [0.717, 1.165) is 0 Å². The molecule has 0 aromatic rings. The molecule has 0 spiro atoms. The minimum absolute atomic E-state index is 0. The first-order valence-electron chi connectivity index (χ1n) is 3.49. The van der Waals surface area contributed by atoms with Crippen LogP contribution in [0.15, 0.2) is 0 Å². The molecule has 0 aliphatic carbocycles. The SMILES string of the molecule is Br.C[C@@H](N)C(=O)N[C@H](C)C(=O)NO. The van der Waals surface area contributed by atoms with Gasteiger partial charge in [0.05, 0.1) is 6.04 Å². The summed E-state index contributed by atoms with van der Waals surface area (Å²) < 4.78 is 0. The molecule has 0 fully saturated rings. The van der Waals surface area contributed by atoms with Gasteiger partial charge in [0.1, 0.15) is 6.04 Å². The zero-order valence-corrected chi connectivity index (χ0v) is 9.12. The van der Waals surface area contributed by atoms with Gasteiger partial charge in [-0.15, -0.1) is 17.0 Å². The topological polar surface area (TPSA) is 104 Å². The third-order valence-electron chi connectivity index (χ3n) is 1.28. The van der Waals surface area contributed by atoms with Crippen LogP contribution in [-0.4, -0.2) is 29.1 Å². The van der Waals surface area contributed by atoms with Crippen LogP contribution in [0, 0.1) is 0 Å². The van der Waals surface area contributed by atoms with Crippen molar-refractivity contribution in [2.24, 2.45) is 5.73 Å². The first-order chi connectivity index (χ1) is 5.49. The zero-order chi connectivity index (χ0) is 9.72. The van der Waals surface area contributed by atoms with Crippen LogP contribution in [0.2, 0.25) is 0 Å². The highest BCUT2D eigenvalue weighted by Gasteiger charge is 2.16. The summed E-state index contributed by atoms with van der Waals surface area (Å²) in [5.74, 6) is -1.12. The van der Waals surface area contributed by atoms with Crippen LogP contribution in [0.1, 0.15) is 13.8 Å². The van der Waals surface area contributed by atoms with Crippen molar-refractivity contribution in [3.05, 3.63) is 0 Å². The van der Waals surface area contributed by atoms with E-state index in [1.807, 2.05) is 0 Å². The minimum Gasteiger partial charge on any atom is -0.343 e. The largest absolute Gasteiger partial charge is 0.343 e. The van der Waals surface area contributed by atoms with Gasteiger partial charge in [-0.2, -0.15) is 0 Å². The smallest absolute Gasteiger partial charge is 0.265 e. The van der Waals surface area contributed by atoms with Gasteiger partial charge >= 0.3 is 0 Å². The van der Waals surface area contributed by atoms with Crippen molar-refractivity contribution in [3.8, 4) is 0 Å². The lowest BCUT2D eigenvalue weighted by molar-refractivity contribution is -0.134. The summed E-state index contributed by atoms with van der Waals surface area (Å²) in [4.78, 5) is 21.5. The molecule has 2 atom stereocenters. The predicted molar refractivity (Wildman–Crippen MR) is 51.5 cm³/mol. The standard InChI is InChI=1S/C6H13N3O3.BrH/c1-3(7)5(10)8-4(2)6(11)9-12;/h3-4,12H,7H2,1-2H3,(H,8,10)(H,9,11);1H/t3-,4-;/m1./s1. The molecule has 0 saturated carbocycles. The van der Waals surface area contributed by atoms with E-state index in [4.69, 9.17) is 10.9 Å². The first-order valence-corrected chi connectivity index (χ1v) is 3.49. The van der Waals surface area contributed by atoms with Crippen LogP contribution in [-0.2, 0) is 9.59 Å².